The van der Waals surface area contributed by atoms with E-state index in [1.807, 2.05) is 44.2 Å². The average Bonchev–Trinajstić information content (AvgIpc) is 3.50. The molecule has 0 spiro atoms. The molecule has 0 saturated heterocycles. The zero-order valence-corrected chi connectivity index (χ0v) is 21.9. The van der Waals surface area contributed by atoms with Gasteiger partial charge in [0.1, 0.15) is 17.7 Å². The Morgan fingerprint density at radius 1 is 1.14 bits per heavy atom. The molecule has 0 bridgehead atoms. The Morgan fingerprint density at radius 3 is 2.46 bits per heavy atom. The fourth-order valence-corrected chi connectivity index (χ4v) is 5.94. The van der Waals surface area contributed by atoms with E-state index in [4.69, 9.17) is 5.73 Å². The van der Waals surface area contributed by atoms with Crippen molar-refractivity contribution in [2.75, 3.05) is 10.6 Å². The summed E-state index contributed by atoms with van der Waals surface area (Å²) in [6.45, 7) is 6.00. The highest BCUT2D eigenvalue weighted by atomic mass is 32.1. The molecule has 192 valence electrons. The summed E-state index contributed by atoms with van der Waals surface area (Å²) >= 11 is 1.52. The number of aromatic nitrogens is 4. The lowest BCUT2D eigenvalue weighted by Gasteiger charge is -2.32. The van der Waals surface area contributed by atoms with Gasteiger partial charge in [0.25, 0.3) is 0 Å². The smallest absolute Gasteiger partial charge is 0.341 e. The van der Waals surface area contributed by atoms with Gasteiger partial charge in [0.2, 0.25) is 5.91 Å². The molecule has 3 aromatic heterocycles. The van der Waals surface area contributed by atoms with Crippen molar-refractivity contribution in [3.05, 3.63) is 48.4 Å². The lowest BCUT2D eigenvalue weighted by Crippen LogP contribution is -2.43. The number of nitrogens with zero attached hydrogens (tertiary/aromatic N) is 5. The Hall–Kier alpha value is -3.79. The molecular weight excluding hydrogens is 488 g/mol. The van der Waals surface area contributed by atoms with Gasteiger partial charge >= 0.3 is 5.97 Å². The minimum Gasteiger partial charge on any atom is -0.477 e. The van der Waals surface area contributed by atoms with Crippen molar-refractivity contribution in [1.29, 1.82) is 0 Å². The van der Waals surface area contributed by atoms with Crippen LogP contribution >= 0.6 is 11.3 Å². The number of hydrogen-bond donors (Lipinski definition) is 2. The van der Waals surface area contributed by atoms with Gasteiger partial charge in [-0.1, -0.05) is 19.1 Å². The predicted molar refractivity (Wildman–Crippen MR) is 145 cm³/mol. The molecule has 0 atom stereocenters. The van der Waals surface area contributed by atoms with E-state index in [1.165, 1.54) is 28.5 Å². The summed E-state index contributed by atoms with van der Waals surface area (Å²) in [6.07, 6.45) is 6.59. The van der Waals surface area contributed by atoms with Gasteiger partial charge in [-0.05, 0) is 69.2 Å². The maximum Gasteiger partial charge on any atom is 0.341 e. The molecular formula is C27H30N6O3S. The number of carbonyl (C=O) groups excluding carboxylic acids is 1. The van der Waals surface area contributed by atoms with Gasteiger partial charge < -0.3 is 10.8 Å². The number of carboxylic acids is 1. The van der Waals surface area contributed by atoms with Crippen LogP contribution < -0.4 is 10.6 Å². The van der Waals surface area contributed by atoms with Gasteiger partial charge in [0.05, 0.1) is 15.9 Å². The van der Waals surface area contributed by atoms with Gasteiger partial charge in [-0.3, -0.25) is 9.69 Å². The van der Waals surface area contributed by atoms with Gasteiger partial charge in [-0.2, -0.15) is 0 Å². The van der Waals surface area contributed by atoms with E-state index in [-0.39, 0.29) is 29.2 Å². The van der Waals surface area contributed by atoms with E-state index >= 15 is 0 Å². The number of rotatable bonds is 6. The first kappa shape index (κ1) is 24.9. The Kier molecular flexibility index (Phi) is 6.68. The molecule has 0 radical (unpaired) electrons. The van der Waals surface area contributed by atoms with Crippen LogP contribution in [0.15, 0.2) is 42.9 Å². The SMILES string of the molecule is CC1CCC(C(=O)N(c2nn(-c3ccc(-c4cc5ncnc(N)c5s4)cc3)cc2C(=O)O)C(C)C)CC1. The van der Waals surface area contributed by atoms with Crippen molar-refractivity contribution in [3.63, 3.8) is 0 Å². The maximum absolute atomic E-state index is 13.5. The van der Waals surface area contributed by atoms with Crippen LogP contribution in [0.25, 0.3) is 26.3 Å². The van der Waals surface area contributed by atoms with Gasteiger partial charge in [0.15, 0.2) is 5.82 Å². The summed E-state index contributed by atoms with van der Waals surface area (Å²) in [4.78, 5) is 36.6. The largest absolute Gasteiger partial charge is 0.477 e. The first-order valence-corrected chi connectivity index (χ1v) is 13.3. The Balaban J connectivity index is 1.46. The number of fused-ring (bicyclic) bond motifs is 1. The maximum atomic E-state index is 13.5. The van der Waals surface area contributed by atoms with E-state index in [9.17, 15) is 14.7 Å². The fourth-order valence-electron chi connectivity index (χ4n) is 4.93. The molecule has 3 N–H and O–H groups in total. The Bertz CT molecular complexity index is 1450. The van der Waals surface area contributed by atoms with Gasteiger partial charge in [-0.15, -0.1) is 16.4 Å². The summed E-state index contributed by atoms with van der Waals surface area (Å²) < 4.78 is 2.37. The molecule has 0 aliphatic heterocycles. The molecule has 1 aliphatic carbocycles. The molecule has 5 rings (SSSR count). The molecule has 10 heteroatoms. The Morgan fingerprint density at radius 2 is 1.84 bits per heavy atom. The number of hydrogen-bond acceptors (Lipinski definition) is 7. The van der Waals surface area contributed by atoms with Crippen molar-refractivity contribution in [3.8, 4) is 16.1 Å². The second kappa shape index (κ2) is 9.93. The highest BCUT2D eigenvalue weighted by Crippen LogP contribution is 2.36. The number of amides is 1. The third-order valence-corrected chi connectivity index (χ3v) is 8.22. The first-order chi connectivity index (χ1) is 17.7. The summed E-state index contributed by atoms with van der Waals surface area (Å²) in [6, 6.07) is 9.39. The van der Waals surface area contributed by atoms with Crippen LogP contribution in [0.2, 0.25) is 0 Å². The van der Waals surface area contributed by atoms with Crippen molar-refractivity contribution in [2.45, 2.75) is 52.5 Å². The standard InChI is InChI=1S/C27H30N6O3S/c1-15(2)33(26(34)18-6-4-16(3)5-7-18)25-20(27(35)36)13-32(31-25)19-10-8-17(9-11-19)22-12-21-23(37-22)24(28)30-14-29-21/h8-16,18H,4-7H2,1-3H3,(H,35,36)(H2,28,29,30). The van der Waals surface area contributed by atoms with E-state index < -0.39 is 5.97 Å². The average molecular weight is 519 g/mol. The minimum atomic E-state index is -1.11. The van der Waals surface area contributed by atoms with Crippen LogP contribution in [0, 0.1) is 11.8 Å². The van der Waals surface area contributed by atoms with Crippen LogP contribution in [0.4, 0.5) is 11.6 Å². The molecule has 1 aliphatic rings. The van der Waals surface area contributed by atoms with Crippen LogP contribution in [0.1, 0.15) is 56.8 Å². The van der Waals surface area contributed by atoms with Crippen molar-refractivity contribution in [2.24, 2.45) is 11.8 Å². The van der Waals surface area contributed by atoms with Gasteiger partial charge in [0, 0.05) is 23.0 Å². The lowest BCUT2D eigenvalue weighted by atomic mass is 9.82. The number of aromatic carboxylic acids is 1. The Labute approximate surface area is 219 Å². The summed E-state index contributed by atoms with van der Waals surface area (Å²) in [5.74, 6) is -0.00514. The number of benzene rings is 1. The van der Waals surface area contributed by atoms with Crippen LogP contribution in [-0.2, 0) is 4.79 Å². The highest BCUT2D eigenvalue weighted by molar-refractivity contribution is 7.22. The zero-order chi connectivity index (χ0) is 26.3. The fraction of sp³-hybridized carbons (Fsp3) is 0.370. The predicted octanol–water partition coefficient (Wildman–Crippen LogP) is 5.39. The number of anilines is 2. The number of nitrogen functional groups attached to an aromatic ring is 1. The number of carboxylic acid groups (broad SMARTS) is 1. The number of nitrogens with two attached hydrogens (primary N) is 1. The molecule has 3 heterocycles. The van der Waals surface area contributed by atoms with E-state index in [0.29, 0.717) is 17.4 Å². The second-order valence-electron chi connectivity index (χ2n) is 10.0. The van der Waals surface area contributed by atoms with Crippen molar-refractivity contribution >= 4 is 45.1 Å². The quantitative estimate of drug-likeness (QED) is 0.350. The zero-order valence-electron chi connectivity index (χ0n) is 21.1. The molecule has 1 fully saturated rings. The van der Waals surface area contributed by atoms with Crippen molar-refractivity contribution < 1.29 is 14.7 Å². The summed E-state index contributed by atoms with van der Waals surface area (Å²) in [5, 5.41) is 14.6. The van der Waals surface area contributed by atoms with Crippen LogP contribution in [0.5, 0.6) is 0 Å². The molecule has 1 aromatic carbocycles. The molecule has 1 saturated carbocycles. The van der Waals surface area contributed by atoms with E-state index in [0.717, 1.165) is 46.3 Å². The highest BCUT2D eigenvalue weighted by Gasteiger charge is 2.34. The number of carbonyl (C=O) groups is 2. The third kappa shape index (κ3) is 4.81. The molecule has 0 unspecified atom stereocenters. The molecule has 4 aromatic rings. The monoisotopic (exact) mass is 518 g/mol. The molecule has 9 nitrogen and oxygen atoms in total. The van der Waals surface area contributed by atoms with Crippen molar-refractivity contribution in [1.82, 2.24) is 19.7 Å². The van der Waals surface area contributed by atoms with Crippen LogP contribution in [-0.4, -0.2) is 42.8 Å². The topological polar surface area (TPSA) is 127 Å². The molecule has 37 heavy (non-hydrogen) atoms. The van der Waals surface area contributed by atoms with E-state index in [2.05, 4.69) is 22.0 Å². The summed E-state index contributed by atoms with van der Waals surface area (Å²) in [7, 11) is 0. The normalized spacial score (nSPS) is 17.8. The third-order valence-electron chi connectivity index (χ3n) is 7.03. The second-order valence-corrected chi connectivity index (χ2v) is 11.1. The molecule has 1 amide bonds. The summed E-state index contributed by atoms with van der Waals surface area (Å²) in [5.41, 5.74) is 8.46. The minimum absolute atomic E-state index is 0.00820. The van der Waals surface area contributed by atoms with Gasteiger partial charge in [-0.25, -0.2) is 19.4 Å². The first-order valence-electron chi connectivity index (χ1n) is 12.5. The van der Waals surface area contributed by atoms with E-state index in [1.54, 1.807) is 4.90 Å². The van der Waals surface area contributed by atoms with Crippen LogP contribution in [0.3, 0.4) is 0 Å². The number of thiophene rings is 1. The lowest BCUT2D eigenvalue weighted by molar-refractivity contribution is -0.124.